The van der Waals surface area contributed by atoms with Crippen LogP contribution in [0.2, 0.25) is 0 Å². The fraction of sp³-hybridized carbons (Fsp3) is 0.611. The first-order valence-corrected chi connectivity index (χ1v) is 8.95. The minimum atomic E-state index is -0.0275. The Balaban J connectivity index is 3.21. The van der Waals surface area contributed by atoms with Crippen molar-refractivity contribution in [2.45, 2.75) is 58.9 Å². The molecule has 0 spiro atoms. The van der Waals surface area contributed by atoms with E-state index in [1.807, 2.05) is 23.1 Å². The summed E-state index contributed by atoms with van der Waals surface area (Å²) in [6.07, 6.45) is 1.99. The summed E-state index contributed by atoms with van der Waals surface area (Å²) >= 11 is 3.48. The van der Waals surface area contributed by atoms with Crippen LogP contribution in [0.15, 0.2) is 24.3 Å². The lowest BCUT2D eigenvalue weighted by Crippen LogP contribution is -2.41. The third-order valence-corrected chi connectivity index (χ3v) is 4.29. The van der Waals surface area contributed by atoms with Gasteiger partial charge in [-0.3, -0.25) is 4.79 Å². The molecule has 21 heavy (non-hydrogen) atoms. The van der Waals surface area contributed by atoms with Crippen molar-refractivity contribution in [2.24, 2.45) is 0 Å². The number of rotatable bonds is 6. The van der Waals surface area contributed by atoms with Crippen LogP contribution in [0.1, 0.15) is 63.4 Å². The lowest BCUT2D eigenvalue weighted by atomic mass is 9.83. The van der Waals surface area contributed by atoms with Gasteiger partial charge in [-0.15, -0.1) is 0 Å². The van der Waals surface area contributed by atoms with Crippen molar-refractivity contribution >= 4 is 21.8 Å². The highest BCUT2D eigenvalue weighted by molar-refractivity contribution is 9.09. The van der Waals surface area contributed by atoms with E-state index in [1.165, 1.54) is 0 Å². The molecule has 0 radical (unpaired) electrons. The Morgan fingerprint density at radius 2 is 1.76 bits per heavy atom. The summed E-state index contributed by atoms with van der Waals surface area (Å²) in [4.78, 5) is 15.1. The highest BCUT2D eigenvalue weighted by atomic mass is 79.9. The standard InChI is InChI=1S/C18H28BrNO/c1-6-14(7-2)20(13-12-19)17(21)15-10-8-9-11-16(15)18(3,4)5/h8-11,14H,6-7,12-13H2,1-5H3. The molecule has 0 aromatic heterocycles. The van der Waals surface area contributed by atoms with Gasteiger partial charge in [0.25, 0.3) is 5.91 Å². The van der Waals surface area contributed by atoms with Crippen molar-refractivity contribution in [3.8, 4) is 0 Å². The molecule has 0 saturated carbocycles. The molecular formula is C18H28BrNO. The summed E-state index contributed by atoms with van der Waals surface area (Å²) < 4.78 is 0. The third-order valence-electron chi connectivity index (χ3n) is 3.94. The summed E-state index contributed by atoms with van der Waals surface area (Å²) in [5, 5.41) is 0.812. The van der Waals surface area contributed by atoms with Crippen LogP contribution in [0, 0.1) is 0 Å². The van der Waals surface area contributed by atoms with E-state index in [4.69, 9.17) is 0 Å². The Bertz CT molecular complexity index is 461. The Kier molecular flexibility index (Phi) is 6.92. The highest BCUT2D eigenvalue weighted by Crippen LogP contribution is 2.27. The molecule has 1 rings (SSSR count). The molecule has 0 aliphatic heterocycles. The number of nitrogens with zero attached hydrogens (tertiary/aromatic N) is 1. The number of hydrogen-bond donors (Lipinski definition) is 0. The monoisotopic (exact) mass is 353 g/mol. The zero-order valence-corrected chi connectivity index (χ0v) is 15.5. The molecule has 2 nitrogen and oxygen atoms in total. The zero-order valence-electron chi connectivity index (χ0n) is 13.9. The van der Waals surface area contributed by atoms with Crippen LogP contribution in [-0.2, 0) is 5.41 Å². The average molecular weight is 354 g/mol. The number of halogens is 1. The molecule has 0 fully saturated rings. The van der Waals surface area contributed by atoms with Gasteiger partial charge in [-0.1, -0.05) is 68.7 Å². The van der Waals surface area contributed by atoms with Crippen LogP contribution in [-0.4, -0.2) is 28.7 Å². The molecule has 118 valence electrons. The maximum atomic E-state index is 13.1. The average Bonchev–Trinajstić information content (AvgIpc) is 2.46. The van der Waals surface area contributed by atoms with Gasteiger partial charge in [-0.25, -0.2) is 0 Å². The number of benzene rings is 1. The number of alkyl halides is 1. The molecule has 0 saturated heterocycles. The molecule has 0 unspecified atom stereocenters. The van der Waals surface area contributed by atoms with E-state index in [9.17, 15) is 4.79 Å². The summed E-state index contributed by atoms with van der Waals surface area (Å²) in [6, 6.07) is 8.33. The van der Waals surface area contributed by atoms with Gasteiger partial charge in [-0.2, -0.15) is 0 Å². The minimum Gasteiger partial charge on any atom is -0.335 e. The van der Waals surface area contributed by atoms with Crippen molar-refractivity contribution in [1.29, 1.82) is 0 Å². The topological polar surface area (TPSA) is 20.3 Å². The van der Waals surface area contributed by atoms with Crippen molar-refractivity contribution in [1.82, 2.24) is 4.90 Å². The van der Waals surface area contributed by atoms with Crippen LogP contribution in [0.3, 0.4) is 0 Å². The zero-order chi connectivity index (χ0) is 16.0. The Hall–Kier alpha value is -0.830. The van der Waals surface area contributed by atoms with Gasteiger partial charge in [-0.05, 0) is 29.9 Å². The van der Waals surface area contributed by atoms with Gasteiger partial charge in [0.2, 0.25) is 0 Å². The lowest BCUT2D eigenvalue weighted by Gasteiger charge is -2.32. The Labute approximate surface area is 138 Å². The van der Waals surface area contributed by atoms with Crippen LogP contribution >= 0.6 is 15.9 Å². The van der Waals surface area contributed by atoms with Crippen molar-refractivity contribution in [2.75, 3.05) is 11.9 Å². The molecular weight excluding hydrogens is 326 g/mol. The van der Waals surface area contributed by atoms with E-state index in [0.717, 1.165) is 35.8 Å². The smallest absolute Gasteiger partial charge is 0.254 e. The maximum Gasteiger partial charge on any atom is 0.254 e. The normalized spacial score (nSPS) is 11.8. The predicted molar refractivity (Wildman–Crippen MR) is 94.3 cm³/mol. The summed E-state index contributed by atoms with van der Waals surface area (Å²) in [5.41, 5.74) is 1.94. The van der Waals surface area contributed by atoms with Gasteiger partial charge < -0.3 is 4.90 Å². The molecule has 0 heterocycles. The first kappa shape index (κ1) is 18.2. The quantitative estimate of drug-likeness (QED) is 0.658. The SMILES string of the molecule is CCC(CC)N(CCBr)C(=O)c1ccccc1C(C)(C)C. The molecule has 0 atom stereocenters. The van der Waals surface area contributed by atoms with Crippen molar-refractivity contribution < 1.29 is 4.79 Å². The molecule has 1 aromatic carbocycles. The van der Waals surface area contributed by atoms with E-state index in [2.05, 4.69) is 56.6 Å². The van der Waals surface area contributed by atoms with E-state index < -0.39 is 0 Å². The number of carbonyl (C=O) groups is 1. The Morgan fingerprint density at radius 1 is 1.19 bits per heavy atom. The highest BCUT2D eigenvalue weighted by Gasteiger charge is 2.27. The molecule has 0 bridgehead atoms. The van der Waals surface area contributed by atoms with Crippen molar-refractivity contribution in [3.63, 3.8) is 0 Å². The summed E-state index contributed by atoms with van der Waals surface area (Å²) in [5.74, 6) is 0.161. The van der Waals surface area contributed by atoms with E-state index in [0.29, 0.717) is 6.04 Å². The fourth-order valence-corrected chi connectivity index (χ4v) is 3.13. The third kappa shape index (κ3) is 4.57. The van der Waals surface area contributed by atoms with E-state index in [1.54, 1.807) is 0 Å². The fourth-order valence-electron chi connectivity index (χ4n) is 2.75. The van der Waals surface area contributed by atoms with Crippen LogP contribution < -0.4 is 0 Å². The second-order valence-electron chi connectivity index (χ2n) is 6.45. The molecule has 1 amide bonds. The van der Waals surface area contributed by atoms with Gasteiger partial charge in [0.15, 0.2) is 0 Å². The van der Waals surface area contributed by atoms with Gasteiger partial charge >= 0.3 is 0 Å². The van der Waals surface area contributed by atoms with Crippen LogP contribution in [0.25, 0.3) is 0 Å². The second kappa shape index (κ2) is 7.98. The van der Waals surface area contributed by atoms with Crippen LogP contribution in [0.4, 0.5) is 0 Å². The van der Waals surface area contributed by atoms with Gasteiger partial charge in [0, 0.05) is 23.5 Å². The second-order valence-corrected chi connectivity index (χ2v) is 7.25. The van der Waals surface area contributed by atoms with Crippen LogP contribution in [0.5, 0.6) is 0 Å². The van der Waals surface area contributed by atoms with Gasteiger partial charge in [0.1, 0.15) is 0 Å². The summed E-state index contributed by atoms with van der Waals surface area (Å²) in [6.45, 7) is 11.5. The first-order valence-electron chi connectivity index (χ1n) is 7.83. The number of carbonyl (C=O) groups excluding carboxylic acids is 1. The molecule has 3 heteroatoms. The molecule has 0 N–H and O–H groups in total. The minimum absolute atomic E-state index is 0.0275. The summed E-state index contributed by atoms with van der Waals surface area (Å²) in [7, 11) is 0. The molecule has 0 aliphatic carbocycles. The number of hydrogen-bond acceptors (Lipinski definition) is 1. The molecule has 1 aromatic rings. The lowest BCUT2D eigenvalue weighted by molar-refractivity contribution is 0.0680. The van der Waals surface area contributed by atoms with Gasteiger partial charge in [0.05, 0.1) is 0 Å². The largest absolute Gasteiger partial charge is 0.335 e. The number of amides is 1. The van der Waals surface area contributed by atoms with E-state index >= 15 is 0 Å². The predicted octanol–water partition coefficient (Wildman–Crippen LogP) is 5.01. The maximum absolute atomic E-state index is 13.1. The van der Waals surface area contributed by atoms with E-state index in [-0.39, 0.29) is 11.3 Å². The first-order chi connectivity index (χ1) is 9.86. The molecule has 0 aliphatic rings. The Morgan fingerprint density at radius 3 is 2.24 bits per heavy atom. The van der Waals surface area contributed by atoms with Crippen molar-refractivity contribution in [3.05, 3.63) is 35.4 Å².